The second-order valence-electron chi connectivity index (χ2n) is 6.21. The predicted molar refractivity (Wildman–Crippen MR) is 99.3 cm³/mol. The van der Waals surface area contributed by atoms with E-state index in [1.54, 1.807) is 0 Å². The number of carbonyl (C=O) groups excluding carboxylic acids is 3. The van der Waals surface area contributed by atoms with E-state index in [9.17, 15) is 27.6 Å². The Kier molecular flexibility index (Phi) is 6.98. The molecule has 2 rings (SSSR count). The zero-order valence-electron chi connectivity index (χ0n) is 15.7. The van der Waals surface area contributed by atoms with E-state index in [0.29, 0.717) is 5.69 Å². The van der Waals surface area contributed by atoms with Crippen LogP contribution in [0.15, 0.2) is 42.5 Å². The SMILES string of the molecule is Cc1cccc(C)c1NC(=O)CNC(=O)COC(=O)c1ccccc1C(F)(F)F. The first-order chi connectivity index (χ1) is 13.6. The van der Waals surface area contributed by atoms with Crippen molar-refractivity contribution in [3.63, 3.8) is 0 Å². The topological polar surface area (TPSA) is 84.5 Å². The van der Waals surface area contributed by atoms with Gasteiger partial charge in [0.25, 0.3) is 5.91 Å². The third-order valence-electron chi connectivity index (χ3n) is 3.98. The van der Waals surface area contributed by atoms with E-state index in [0.717, 1.165) is 29.3 Å². The minimum absolute atomic E-state index is 0.386. The zero-order chi connectivity index (χ0) is 21.6. The van der Waals surface area contributed by atoms with E-state index < -0.39 is 41.7 Å². The minimum atomic E-state index is -4.73. The summed E-state index contributed by atoms with van der Waals surface area (Å²) in [7, 11) is 0. The Morgan fingerprint density at radius 1 is 0.931 bits per heavy atom. The second-order valence-corrected chi connectivity index (χ2v) is 6.21. The molecule has 2 aromatic rings. The van der Waals surface area contributed by atoms with Crippen LogP contribution in [0.2, 0.25) is 0 Å². The van der Waals surface area contributed by atoms with E-state index in [1.807, 2.05) is 32.0 Å². The van der Waals surface area contributed by atoms with E-state index in [-0.39, 0.29) is 6.54 Å². The molecule has 2 N–H and O–H groups in total. The largest absolute Gasteiger partial charge is 0.452 e. The number of amides is 2. The van der Waals surface area contributed by atoms with Crippen LogP contribution in [0.1, 0.15) is 27.0 Å². The molecule has 0 fully saturated rings. The summed E-state index contributed by atoms with van der Waals surface area (Å²) in [6.45, 7) is 2.43. The number of carbonyl (C=O) groups is 3. The molecule has 0 atom stereocenters. The summed E-state index contributed by atoms with van der Waals surface area (Å²) in [6, 6.07) is 9.58. The molecule has 0 aromatic heterocycles. The average Bonchev–Trinajstić information content (AvgIpc) is 2.66. The van der Waals surface area contributed by atoms with Crippen LogP contribution in [0.3, 0.4) is 0 Å². The number of hydrogen-bond acceptors (Lipinski definition) is 4. The average molecular weight is 408 g/mol. The number of para-hydroxylation sites is 1. The van der Waals surface area contributed by atoms with Crippen LogP contribution in [0, 0.1) is 13.8 Å². The predicted octanol–water partition coefficient (Wildman–Crippen LogP) is 3.23. The highest BCUT2D eigenvalue weighted by atomic mass is 19.4. The quantitative estimate of drug-likeness (QED) is 0.719. The lowest BCUT2D eigenvalue weighted by molar-refractivity contribution is -0.138. The van der Waals surface area contributed by atoms with Crippen molar-refractivity contribution in [3.05, 3.63) is 64.7 Å². The number of ether oxygens (including phenoxy) is 1. The molecule has 2 amide bonds. The van der Waals surface area contributed by atoms with E-state index in [2.05, 4.69) is 15.4 Å². The number of hydrogen-bond donors (Lipinski definition) is 2. The van der Waals surface area contributed by atoms with Gasteiger partial charge in [-0.25, -0.2) is 4.79 Å². The Morgan fingerprint density at radius 3 is 2.17 bits per heavy atom. The number of alkyl halides is 3. The molecule has 0 aliphatic carbocycles. The summed E-state index contributed by atoms with van der Waals surface area (Å²) in [4.78, 5) is 35.6. The fraction of sp³-hybridized carbons (Fsp3) is 0.250. The molecule has 154 valence electrons. The van der Waals surface area contributed by atoms with Gasteiger partial charge in [-0.1, -0.05) is 30.3 Å². The Bertz CT molecular complexity index is 906. The Balaban J connectivity index is 1.86. The van der Waals surface area contributed by atoms with E-state index >= 15 is 0 Å². The van der Waals surface area contributed by atoms with Crippen LogP contribution in [-0.2, 0) is 20.5 Å². The number of rotatable bonds is 6. The summed E-state index contributed by atoms with van der Waals surface area (Å²) in [5.74, 6) is -2.60. The first-order valence-corrected chi connectivity index (χ1v) is 8.55. The first-order valence-electron chi connectivity index (χ1n) is 8.55. The first kappa shape index (κ1) is 21.9. The normalized spacial score (nSPS) is 10.9. The monoisotopic (exact) mass is 408 g/mol. The molecule has 0 heterocycles. The van der Waals surface area contributed by atoms with E-state index in [1.165, 1.54) is 6.07 Å². The standard InChI is InChI=1S/C20H19F3N2O4/c1-12-6-5-7-13(2)18(12)25-16(26)10-24-17(27)11-29-19(28)14-8-3-4-9-15(14)20(21,22)23/h3-9H,10-11H2,1-2H3,(H,24,27)(H,25,26). The molecule has 0 aliphatic rings. The molecule has 0 spiro atoms. The fourth-order valence-corrected chi connectivity index (χ4v) is 2.54. The van der Waals surface area contributed by atoms with Crippen molar-refractivity contribution in [3.8, 4) is 0 Å². The number of halogens is 3. The van der Waals surface area contributed by atoms with Crippen molar-refractivity contribution in [1.82, 2.24) is 5.32 Å². The highest BCUT2D eigenvalue weighted by molar-refractivity contribution is 5.96. The number of benzene rings is 2. The van der Waals surface area contributed by atoms with Crippen molar-refractivity contribution in [2.24, 2.45) is 0 Å². The summed E-state index contributed by atoms with van der Waals surface area (Å²) < 4.78 is 43.4. The van der Waals surface area contributed by atoms with Crippen LogP contribution in [-0.4, -0.2) is 30.9 Å². The number of anilines is 1. The van der Waals surface area contributed by atoms with Crippen LogP contribution < -0.4 is 10.6 Å². The van der Waals surface area contributed by atoms with Gasteiger partial charge in [-0.15, -0.1) is 0 Å². The summed E-state index contributed by atoms with van der Waals surface area (Å²) in [5.41, 5.74) is 0.477. The van der Waals surface area contributed by atoms with Gasteiger partial charge in [-0.3, -0.25) is 9.59 Å². The van der Waals surface area contributed by atoms with Gasteiger partial charge < -0.3 is 15.4 Å². The molecular weight excluding hydrogens is 389 g/mol. The third kappa shape index (κ3) is 6.06. The highest BCUT2D eigenvalue weighted by Crippen LogP contribution is 2.32. The van der Waals surface area contributed by atoms with Crippen LogP contribution >= 0.6 is 0 Å². The maximum absolute atomic E-state index is 12.9. The molecule has 0 saturated heterocycles. The summed E-state index contributed by atoms with van der Waals surface area (Å²) in [6.07, 6.45) is -4.73. The lowest BCUT2D eigenvalue weighted by atomic mass is 10.1. The second kappa shape index (κ2) is 9.22. The van der Waals surface area contributed by atoms with Crippen molar-refractivity contribution >= 4 is 23.5 Å². The molecule has 29 heavy (non-hydrogen) atoms. The number of esters is 1. The summed E-state index contributed by atoms with van der Waals surface area (Å²) >= 11 is 0. The van der Waals surface area contributed by atoms with Gasteiger partial charge in [-0.2, -0.15) is 13.2 Å². The Morgan fingerprint density at radius 2 is 1.55 bits per heavy atom. The van der Waals surface area contributed by atoms with Crippen molar-refractivity contribution in [1.29, 1.82) is 0 Å². The number of nitrogens with one attached hydrogen (secondary N) is 2. The third-order valence-corrected chi connectivity index (χ3v) is 3.98. The molecular formula is C20H19F3N2O4. The molecule has 0 bridgehead atoms. The van der Waals surface area contributed by atoms with Crippen molar-refractivity contribution < 1.29 is 32.3 Å². The maximum atomic E-state index is 12.9. The zero-order valence-corrected chi connectivity index (χ0v) is 15.7. The van der Waals surface area contributed by atoms with Crippen molar-refractivity contribution in [2.45, 2.75) is 20.0 Å². The number of aryl methyl sites for hydroxylation is 2. The Hall–Kier alpha value is -3.36. The van der Waals surface area contributed by atoms with Gasteiger partial charge >= 0.3 is 12.1 Å². The van der Waals surface area contributed by atoms with Gasteiger partial charge in [0.1, 0.15) is 0 Å². The van der Waals surface area contributed by atoms with Gasteiger partial charge in [0.2, 0.25) is 5.91 Å². The molecule has 0 saturated carbocycles. The smallest absolute Gasteiger partial charge is 0.417 e. The lowest BCUT2D eigenvalue weighted by Crippen LogP contribution is -2.36. The van der Waals surface area contributed by atoms with Gasteiger partial charge in [0, 0.05) is 5.69 Å². The van der Waals surface area contributed by atoms with Crippen LogP contribution in [0.25, 0.3) is 0 Å². The van der Waals surface area contributed by atoms with Crippen LogP contribution in [0.4, 0.5) is 18.9 Å². The lowest BCUT2D eigenvalue weighted by Gasteiger charge is -2.13. The minimum Gasteiger partial charge on any atom is -0.452 e. The van der Waals surface area contributed by atoms with Gasteiger partial charge in [0.05, 0.1) is 17.7 Å². The molecule has 0 aliphatic heterocycles. The van der Waals surface area contributed by atoms with Crippen molar-refractivity contribution in [2.75, 3.05) is 18.5 Å². The van der Waals surface area contributed by atoms with Gasteiger partial charge in [-0.05, 0) is 37.1 Å². The molecule has 9 heteroatoms. The van der Waals surface area contributed by atoms with Crippen LogP contribution in [0.5, 0.6) is 0 Å². The molecule has 0 radical (unpaired) electrons. The maximum Gasteiger partial charge on any atom is 0.417 e. The highest BCUT2D eigenvalue weighted by Gasteiger charge is 2.35. The molecule has 0 unspecified atom stereocenters. The van der Waals surface area contributed by atoms with E-state index in [4.69, 9.17) is 0 Å². The summed E-state index contributed by atoms with van der Waals surface area (Å²) in [5, 5.41) is 4.91. The fourth-order valence-electron chi connectivity index (χ4n) is 2.54. The molecule has 2 aromatic carbocycles. The van der Waals surface area contributed by atoms with Gasteiger partial charge in [0.15, 0.2) is 6.61 Å². The molecule has 6 nitrogen and oxygen atoms in total. The Labute approximate surface area is 165 Å².